The van der Waals surface area contributed by atoms with Gasteiger partial charge in [0.15, 0.2) is 0 Å². The van der Waals surface area contributed by atoms with Crippen LogP contribution in [-0.2, 0) is 0 Å². The van der Waals surface area contributed by atoms with Gasteiger partial charge in [-0.25, -0.2) is 0 Å². The summed E-state index contributed by atoms with van der Waals surface area (Å²) in [6.45, 7) is 0. The molecule has 0 radical (unpaired) electrons. The first kappa shape index (κ1) is 12.0. The second-order valence-electron chi connectivity index (χ2n) is 2.37. The number of alkyl halides is 3. The zero-order chi connectivity index (χ0) is 11.5. The minimum Gasteiger partial charge on any atom is -0.404 e. The molecule has 0 aliphatic rings. The topological polar surface area (TPSA) is 21.6 Å². The van der Waals surface area contributed by atoms with E-state index in [1.165, 1.54) is 12.1 Å². The molecule has 1 aromatic rings. The van der Waals surface area contributed by atoms with Gasteiger partial charge in [0.05, 0.1) is 15.9 Å². The number of nitrogens with zero attached hydrogens (tertiary/aromatic N) is 1. The van der Waals surface area contributed by atoms with Crippen molar-refractivity contribution in [3.63, 3.8) is 0 Å². The van der Waals surface area contributed by atoms with Crippen LogP contribution in [0.15, 0.2) is 23.2 Å². The Morgan fingerprint density at radius 2 is 2.07 bits per heavy atom. The molecule has 0 aliphatic carbocycles. The Kier molecular flexibility index (Phi) is 3.68. The van der Waals surface area contributed by atoms with E-state index in [0.717, 1.165) is 6.07 Å². The molecule has 0 aromatic heterocycles. The Hall–Kier alpha value is -1.10. The number of thiocarbonyl (C=S) groups is 1. The molecule has 1 rings (SSSR count). The summed E-state index contributed by atoms with van der Waals surface area (Å²) < 4.78 is 39.3. The summed E-state index contributed by atoms with van der Waals surface area (Å²) in [5, 5.41) is 1.87. The van der Waals surface area contributed by atoms with E-state index < -0.39 is 12.1 Å². The molecular formula is C8H3ClF3NOS. The summed E-state index contributed by atoms with van der Waals surface area (Å²) in [6, 6.07) is 3.65. The van der Waals surface area contributed by atoms with Crippen molar-refractivity contribution in [1.82, 2.24) is 0 Å². The van der Waals surface area contributed by atoms with Gasteiger partial charge < -0.3 is 4.74 Å². The van der Waals surface area contributed by atoms with Crippen LogP contribution in [0.4, 0.5) is 18.9 Å². The van der Waals surface area contributed by atoms with E-state index in [9.17, 15) is 13.2 Å². The maximum absolute atomic E-state index is 11.9. The van der Waals surface area contributed by atoms with Gasteiger partial charge >= 0.3 is 6.36 Å². The third-order valence-corrected chi connectivity index (χ3v) is 1.72. The van der Waals surface area contributed by atoms with Gasteiger partial charge in [0.2, 0.25) is 0 Å². The molecule has 80 valence electrons. The highest BCUT2D eigenvalue weighted by Crippen LogP contribution is 2.33. The average molecular weight is 254 g/mol. The molecule has 0 fully saturated rings. The zero-order valence-electron chi connectivity index (χ0n) is 7.01. The fourth-order valence-corrected chi connectivity index (χ4v) is 1.08. The van der Waals surface area contributed by atoms with E-state index in [0.29, 0.717) is 0 Å². The number of aliphatic imine (C=N–C) groups is 1. The molecule has 2 nitrogen and oxygen atoms in total. The van der Waals surface area contributed by atoms with Gasteiger partial charge in [-0.2, -0.15) is 4.99 Å². The van der Waals surface area contributed by atoms with E-state index in [1.807, 2.05) is 5.16 Å². The van der Waals surface area contributed by atoms with Gasteiger partial charge in [-0.15, -0.1) is 13.2 Å². The molecule has 0 saturated carbocycles. The number of hydrogen-bond acceptors (Lipinski definition) is 3. The SMILES string of the molecule is FC(F)(F)Oc1cc(N=C=S)ccc1Cl. The lowest BCUT2D eigenvalue weighted by molar-refractivity contribution is -0.274. The van der Waals surface area contributed by atoms with Crippen LogP contribution in [-0.4, -0.2) is 11.5 Å². The highest BCUT2D eigenvalue weighted by molar-refractivity contribution is 7.78. The van der Waals surface area contributed by atoms with Crippen molar-refractivity contribution in [1.29, 1.82) is 0 Å². The minimum atomic E-state index is -4.79. The molecule has 0 spiro atoms. The Bertz CT molecular complexity index is 415. The third-order valence-electron chi connectivity index (χ3n) is 1.32. The summed E-state index contributed by atoms with van der Waals surface area (Å²) in [5.41, 5.74) is 0.189. The van der Waals surface area contributed by atoms with Crippen molar-refractivity contribution >= 4 is 34.7 Å². The van der Waals surface area contributed by atoms with Crippen molar-refractivity contribution in [2.45, 2.75) is 6.36 Å². The second kappa shape index (κ2) is 4.61. The highest BCUT2D eigenvalue weighted by Gasteiger charge is 2.32. The van der Waals surface area contributed by atoms with Gasteiger partial charge in [0, 0.05) is 6.07 Å². The predicted molar refractivity (Wildman–Crippen MR) is 52.8 cm³/mol. The zero-order valence-corrected chi connectivity index (χ0v) is 8.58. The first-order valence-corrected chi connectivity index (χ1v) is 4.34. The predicted octanol–water partition coefficient (Wildman–Crippen LogP) is 3.97. The maximum atomic E-state index is 11.9. The van der Waals surface area contributed by atoms with E-state index in [2.05, 4.69) is 21.9 Å². The van der Waals surface area contributed by atoms with E-state index in [4.69, 9.17) is 11.6 Å². The van der Waals surface area contributed by atoms with Crippen LogP contribution in [0.25, 0.3) is 0 Å². The Morgan fingerprint density at radius 3 is 2.60 bits per heavy atom. The normalized spacial score (nSPS) is 10.7. The van der Waals surface area contributed by atoms with Crippen molar-refractivity contribution in [3.05, 3.63) is 23.2 Å². The maximum Gasteiger partial charge on any atom is 0.573 e. The minimum absolute atomic E-state index is 0.157. The quantitative estimate of drug-likeness (QED) is 0.587. The molecule has 1 aromatic carbocycles. The number of rotatable bonds is 2. The Balaban J connectivity index is 3.05. The van der Waals surface area contributed by atoms with E-state index in [-0.39, 0.29) is 10.7 Å². The molecule has 0 unspecified atom stereocenters. The summed E-state index contributed by atoms with van der Waals surface area (Å²) in [4.78, 5) is 3.50. The van der Waals surface area contributed by atoms with Crippen LogP contribution in [0.2, 0.25) is 5.02 Å². The number of hydrogen-bond donors (Lipinski definition) is 0. The van der Waals surface area contributed by atoms with Crippen LogP contribution in [0.1, 0.15) is 0 Å². The van der Waals surface area contributed by atoms with Crippen molar-refractivity contribution in [3.8, 4) is 5.75 Å². The fraction of sp³-hybridized carbons (Fsp3) is 0.125. The highest BCUT2D eigenvalue weighted by atomic mass is 35.5. The van der Waals surface area contributed by atoms with Crippen LogP contribution >= 0.6 is 23.8 Å². The molecule has 0 heterocycles. The van der Waals surface area contributed by atoms with Crippen LogP contribution in [0.3, 0.4) is 0 Å². The van der Waals surface area contributed by atoms with Gasteiger partial charge in [-0.05, 0) is 24.4 Å². The fourth-order valence-electron chi connectivity index (χ4n) is 0.817. The third kappa shape index (κ3) is 3.87. The van der Waals surface area contributed by atoms with Crippen LogP contribution in [0.5, 0.6) is 5.75 Å². The molecule has 0 saturated heterocycles. The van der Waals surface area contributed by atoms with Gasteiger partial charge in [-0.1, -0.05) is 11.6 Å². The summed E-state index contributed by atoms with van der Waals surface area (Å²) in [7, 11) is 0. The first-order chi connectivity index (χ1) is 6.92. The molecule has 0 aliphatic heterocycles. The lowest BCUT2D eigenvalue weighted by atomic mass is 10.3. The lowest BCUT2D eigenvalue weighted by Gasteiger charge is -2.10. The molecule has 0 N–H and O–H groups in total. The van der Waals surface area contributed by atoms with Crippen molar-refractivity contribution in [2.24, 2.45) is 4.99 Å². The molecule has 15 heavy (non-hydrogen) atoms. The molecule has 0 bridgehead atoms. The van der Waals surface area contributed by atoms with Crippen LogP contribution in [0, 0.1) is 0 Å². The van der Waals surface area contributed by atoms with Crippen LogP contribution < -0.4 is 4.74 Å². The molecular weight excluding hydrogens is 251 g/mol. The summed E-state index contributed by atoms with van der Waals surface area (Å²) >= 11 is 9.80. The number of benzene rings is 1. The summed E-state index contributed by atoms with van der Waals surface area (Å²) in [6.07, 6.45) is -4.79. The van der Waals surface area contributed by atoms with Crippen molar-refractivity contribution in [2.75, 3.05) is 0 Å². The van der Waals surface area contributed by atoms with Crippen molar-refractivity contribution < 1.29 is 17.9 Å². The van der Waals surface area contributed by atoms with Gasteiger partial charge in [0.1, 0.15) is 5.75 Å². The standard InChI is InChI=1S/C8H3ClF3NOS/c9-6-2-1-5(13-4-15)3-7(6)14-8(10,11)12/h1-3H. The molecule has 0 amide bonds. The smallest absolute Gasteiger partial charge is 0.404 e. The first-order valence-electron chi connectivity index (χ1n) is 3.55. The molecule has 0 atom stereocenters. The Morgan fingerprint density at radius 1 is 1.40 bits per heavy atom. The number of halogens is 4. The van der Waals surface area contributed by atoms with Gasteiger partial charge in [0.25, 0.3) is 0 Å². The van der Waals surface area contributed by atoms with E-state index >= 15 is 0 Å². The summed E-state index contributed by atoms with van der Waals surface area (Å²) in [5.74, 6) is -0.518. The molecule has 7 heteroatoms. The Labute approximate surface area is 93.3 Å². The number of ether oxygens (including phenoxy) is 1. The second-order valence-corrected chi connectivity index (χ2v) is 2.96. The number of isothiocyanates is 1. The average Bonchev–Trinajstić information content (AvgIpc) is 2.09. The van der Waals surface area contributed by atoms with Gasteiger partial charge in [-0.3, -0.25) is 0 Å². The lowest BCUT2D eigenvalue weighted by Crippen LogP contribution is -2.17. The monoisotopic (exact) mass is 253 g/mol. The van der Waals surface area contributed by atoms with E-state index in [1.54, 1.807) is 0 Å². The largest absolute Gasteiger partial charge is 0.573 e.